The smallest absolute Gasteiger partial charge is 0.306 e. The van der Waals surface area contributed by atoms with Crippen LogP contribution < -0.4 is 5.32 Å². The first kappa shape index (κ1) is 16.2. The lowest BCUT2D eigenvalue weighted by Crippen LogP contribution is -2.38. The summed E-state index contributed by atoms with van der Waals surface area (Å²) < 4.78 is 1.77. The van der Waals surface area contributed by atoms with Crippen molar-refractivity contribution in [2.45, 2.75) is 38.6 Å². The van der Waals surface area contributed by atoms with E-state index in [1.165, 1.54) is 0 Å². The molecule has 2 aromatic rings. The molecule has 0 atom stereocenters. The zero-order chi connectivity index (χ0) is 17.1. The Kier molecular flexibility index (Phi) is 4.64. The van der Waals surface area contributed by atoms with E-state index in [0.29, 0.717) is 31.2 Å². The highest BCUT2D eigenvalue weighted by Gasteiger charge is 2.26. The number of aromatic nitrogens is 2. The molecule has 0 aliphatic heterocycles. The van der Waals surface area contributed by atoms with Gasteiger partial charge < -0.3 is 10.4 Å². The van der Waals surface area contributed by atoms with Crippen LogP contribution in [0.5, 0.6) is 0 Å². The fourth-order valence-electron chi connectivity index (χ4n) is 3.08. The topological polar surface area (TPSA) is 84.2 Å². The van der Waals surface area contributed by atoms with Crippen LogP contribution in [-0.4, -0.2) is 32.8 Å². The third-order valence-electron chi connectivity index (χ3n) is 4.53. The molecule has 1 aliphatic carbocycles. The van der Waals surface area contributed by atoms with E-state index in [1.807, 2.05) is 31.3 Å². The van der Waals surface area contributed by atoms with Gasteiger partial charge in [-0.2, -0.15) is 5.10 Å². The predicted octanol–water partition coefficient (Wildman–Crippen LogP) is 2.55. The second-order valence-corrected chi connectivity index (χ2v) is 6.31. The second kappa shape index (κ2) is 6.86. The molecular formula is C18H21N3O3. The van der Waals surface area contributed by atoms with Crippen LogP contribution >= 0.6 is 0 Å². The highest BCUT2D eigenvalue weighted by molar-refractivity contribution is 5.94. The quantitative estimate of drug-likeness (QED) is 0.904. The first-order chi connectivity index (χ1) is 11.5. The Labute approximate surface area is 140 Å². The van der Waals surface area contributed by atoms with Crippen LogP contribution in [0.1, 0.15) is 41.7 Å². The molecule has 0 radical (unpaired) electrons. The molecule has 1 heterocycles. The van der Waals surface area contributed by atoms with Crippen LogP contribution in [0.2, 0.25) is 0 Å². The van der Waals surface area contributed by atoms with Crippen LogP contribution in [0.3, 0.4) is 0 Å². The number of amides is 1. The number of benzene rings is 1. The highest BCUT2D eigenvalue weighted by atomic mass is 16.4. The molecule has 1 saturated carbocycles. The Morgan fingerprint density at radius 1 is 1.12 bits per heavy atom. The number of hydrogen-bond donors (Lipinski definition) is 2. The molecule has 0 spiro atoms. The van der Waals surface area contributed by atoms with Gasteiger partial charge in [0.05, 0.1) is 17.3 Å². The predicted molar refractivity (Wildman–Crippen MR) is 89.1 cm³/mol. The summed E-state index contributed by atoms with van der Waals surface area (Å²) in [5.74, 6) is -1.11. The molecule has 1 aromatic heterocycles. The van der Waals surface area contributed by atoms with Crippen LogP contribution in [0, 0.1) is 12.8 Å². The lowest BCUT2D eigenvalue weighted by molar-refractivity contribution is -0.142. The Morgan fingerprint density at radius 2 is 1.79 bits per heavy atom. The number of carbonyl (C=O) groups is 2. The van der Waals surface area contributed by atoms with E-state index in [0.717, 1.165) is 11.4 Å². The normalized spacial score (nSPS) is 20.5. The summed E-state index contributed by atoms with van der Waals surface area (Å²) in [5.41, 5.74) is 2.44. The summed E-state index contributed by atoms with van der Waals surface area (Å²) in [6.45, 7) is 1.93. The molecule has 1 fully saturated rings. The lowest BCUT2D eigenvalue weighted by Gasteiger charge is -2.26. The van der Waals surface area contributed by atoms with Crippen molar-refractivity contribution in [3.05, 3.63) is 47.8 Å². The molecule has 0 bridgehead atoms. The molecule has 0 unspecified atom stereocenters. The van der Waals surface area contributed by atoms with Crippen molar-refractivity contribution in [2.75, 3.05) is 0 Å². The van der Waals surface area contributed by atoms with E-state index in [9.17, 15) is 9.59 Å². The van der Waals surface area contributed by atoms with Gasteiger partial charge in [0, 0.05) is 17.8 Å². The Balaban J connectivity index is 1.59. The zero-order valence-electron chi connectivity index (χ0n) is 13.6. The molecule has 2 N–H and O–H groups in total. The molecule has 3 rings (SSSR count). The number of carboxylic acid groups (broad SMARTS) is 1. The van der Waals surface area contributed by atoms with Gasteiger partial charge >= 0.3 is 5.97 Å². The van der Waals surface area contributed by atoms with Crippen molar-refractivity contribution >= 4 is 11.9 Å². The molecular weight excluding hydrogens is 306 g/mol. The summed E-state index contributed by atoms with van der Waals surface area (Å²) in [7, 11) is 0. The standard InChI is InChI=1S/C18H21N3O3/c1-12-10-11-21(20-12)16-8-4-13(5-9-16)17(22)19-15-6-2-14(3-7-15)18(23)24/h4-5,8-11,14-15H,2-3,6-7H2,1H3,(H,19,22)(H,23,24). The maximum Gasteiger partial charge on any atom is 0.306 e. The molecule has 6 heteroatoms. The Hall–Kier alpha value is -2.63. The first-order valence-corrected chi connectivity index (χ1v) is 8.19. The number of aliphatic carboxylic acids is 1. The molecule has 1 aliphatic rings. The van der Waals surface area contributed by atoms with Gasteiger partial charge in [0.25, 0.3) is 5.91 Å². The Morgan fingerprint density at radius 3 is 2.33 bits per heavy atom. The lowest BCUT2D eigenvalue weighted by atomic mass is 9.86. The van der Waals surface area contributed by atoms with Crippen LogP contribution in [0.4, 0.5) is 0 Å². The van der Waals surface area contributed by atoms with Gasteiger partial charge in [0.2, 0.25) is 0 Å². The van der Waals surface area contributed by atoms with Crippen LogP contribution in [0.15, 0.2) is 36.5 Å². The largest absolute Gasteiger partial charge is 0.481 e. The fraction of sp³-hybridized carbons (Fsp3) is 0.389. The minimum Gasteiger partial charge on any atom is -0.481 e. The number of hydrogen-bond acceptors (Lipinski definition) is 3. The number of carboxylic acids is 1. The van der Waals surface area contributed by atoms with E-state index < -0.39 is 5.97 Å². The van der Waals surface area contributed by atoms with Crippen LogP contribution in [-0.2, 0) is 4.79 Å². The molecule has 24 heavy (non-hydrogen) atoms. The fourth-order valence-corrected chi connectivity index (χ4v) is 3.08. The van der Waals surface area contributed by atoms with E-state index in [2.05, 4.69) is 10.4 Å². The average molecular weight is 327 g/mol. The molecule has 1 amide bonds. The third-order valence-corrected chi connectivity index (χ3v) is 4.53. The summed E-state index contributed by atoms with van der Waals surface area (Å²) in [5, 5.41) is 16.4. The molecule has 6 nitrogen and oxygen atoms in total. The van der Waals surface area contributed by atoms with Gasteiger partial charge in [0.15, 0.2) is 0 Å². The number of rotatable bonds is 4. The molecule has 126 valence electrons. The van der Waals surface area contributed by atoms with E-state index >= 15 is 0 Å². The maximum absolute atomic E-state index is 12.3. The third kappa shape index (κ3) is 3.64. The van der Waals surface area contributed by atoms with Gasteiger partial charge in [-0.3, -0.25) is 9.59 Å². The summed E-state index contributed by atoms with van der Waals surface area (Å²) in [6.07, 6.45) is 4.56. The molecule has 1 aromatic carbocycles. The average Bonchev–Trinajstić information content (AvgIpc) is 3.02. The van der Waals surface area contributed by atoms with Crippen molar-refractivity contribution in [2.24, 2.45) is 5.92 Å². The molecule has 0 saturated heterocycles. The van der Waals surface area contributed by atoms with E-state index in [4.69, 9.17) is 5.11 Å². The Bertz CT molecular complexity index is 728. The number of aryl methyl sites for hydroxylation is 1. The summed E-state index contributed by atoms with van der Waals surface area (Å²) in [6, 6.07) is 9.27. The van der Waals surface area contributed by atoms with E-state index in [-0.39, 0.29) is 17.9 Å². The first-order valence-electron chi connectivity index (χ1n) is 8.19. The van der Waals surface area contributed by atoms with Gasteiger partial charge in [-0.05, 0) is 62.9 Å². The number of nitrogens with zero attached hydrogens (tertiary/aromatic N) is 2. The minimum atomic E-state index is -0.732. The zero-order valence-corrected chi connectivity index (χ0v) is 13.6. The van der Waals surface area contributed by atoms with Gasteiger partial charge in [0.1, 0.15) is 0 Å². The van der Waals surface area contributed by atoms with Gasteiger partial charge in [-0.1, -0.05) is 0 Å². The van der Waals surface area contributed by atoms with Crippen molar-refractivity contribution in [1.29, 1.82) is 0 Å². The SMILES string of the molecule is Cc1ccn(-c2ccc(C(=O)NC3CCC(C(=O)O)CC3)cc2)n1. The number of nitrogens with one attached hydrogen (secondary N) is 1. The van der Waals surface area contributed by atoms with Crippen molar-refractivity contribution in [3.63, 3.8) is 0 Å². The minimum absolute atomic E-state index is 0.0570. The monoisotopic (exact) mass is 327 g/mol. The van der Waals surface area contributed by atoms with Crippen molar-refractivity contribution in [1.82, 2.24) is 15.1 Å². The second-order valence-electron chi connectivity index (χ2n) is 6.31. The summed E-state index contributed by atoms with van der Waals surface area (Å²) >= 11 is 0. The number of carbonyl (C=O) groups excluding carboxylic acids is 1. The van der Waals surface area contributed by atoms with Crippen molar-refractivity contribution < 1.29 is 14.7 Å². The summed E-state index contributed by atoms with van der Waals surface area (Å²) in [4.78, 5) is 23.3. The van der Waals surface area contributed by atoms with E-state index in [1.54, 1.807) is 16.8 Å². The highest BCUT2D eigenvalue weighted by Crippen LogP contribution is 2.24. The maximum atomic E-state index is 12.3. The van der Waals surface area contributed by atoms with Gasteiger partial charge in [-0.25, -0.2) is 4.68 Å². The van der Waals surface area contributed by atoms with Gasteiger partial charge in [-0.15, -0.1) is 0 Å². The van der Waals surface area contributed by atoms with Crippen molar-refractivity contribution in [3.8, 4) is 5.69 Å². The van der Waals surface area contributed by atoms with Crippen LogP contribution in [0.25, 0.3) is 5.69 Å².